The molecule has 1 heterocycles. The third-order valence-corrected chi connectivity index (χ3v) is 5.37. The van der Waals surface area contributed by atoms with Crippen LogP contribution >= 0.6 is 27.5 Å². The molecular formula is C23H18BrClN4O4. The highest BCUT2D eigenvalue weighted by atomic mass is 79.9. The topological polar surface area (TPSA) is 94.6 Å². The van der Waals surface area contributed by atoms with Gasteiger partial charge in [-0.3, -0.25) is 0 Å². The van der Waals surface area contributed by atoms with E-state index in [1.807, 2.05) is 12.1 Å². The molecule has 0 aliphatic carbocycles. The monoisotopic (exact) mass is 528 g/mol. The second-order valence-corrected chi connectivity index (χ2v) is 8.06. The lowest BCUT2D eigenvalue weighted by Crippen LogP contribution is -2.19. The number of hydrogen-bond donors (Lipinski definition) is 2. The van der Waals surface area contributed by atoms with E-state index in [-0.39, 0.29) is 0 Å². The summed E-state index contributed by atoms with van der Waals surface area (Å²) in [6.07, 6.45) is 1.39. The second-order valence-electron chi connectivity index (χ2n) is 6.74. The Hall–Kier alpha value is -3.56. The third-order valence-electron chi connectivity index (χ3n) is 4.58. The predicted molar refractivity (Wildman–Crippen MR) is 131 cm³/mol. The summed E-state index contributed by atoms with van der Waals surface area (Å²) in [6, 6.07) is 15.2. The molecule has 0 atom stereocenters. The fourth-order valence-electron chi connectivity index (χ4n) is 3.07. The summed E-state index contributed by atoms with van der Waals surface area (Å²) < 4.78 is 17.5. The average molecular weight is 530 g/mol. The maximum Gasteiger partial charge on any atom is 0.323 e. The molecule has 168 valence electrons. The highest BCUT2D eigenvalue weighted by molar-refractivity contribution is 9.10. The fraction of sp³-hybridized carbons (Fsp3) is 0.0870. The van der Waals surface area contributed by atoms with Gasteiger partial charge in [0.15, 0.2) is 11.5 Å². The lowest BCUT2D eigenvalue weighted by Gasteiger charge is -2.13. The van der Waals surface area contributed by atoms with Crippen molar-refractivity contribution in [1.82, 2.24) is 9.97 Å². The van der Waals surface area contributed by atoms with Gasteiger partial charge in [0, 0.05) is 21.9 Å². The molecule has 0 aliphatic rings. The standard InChI is InChI=1S/C23H18BrClN4O4/c1-31-20-10-16-18(11-21(20)32-2)26-12-27-22(16)33-19-7-6-15(9-17(19)25)29-23(30)28-14-5-3-4-13(24)8-14/h3-12H,1-2H3,(H2,28,29,30). The number of anilines is 2. The fourth-order valence-corrected chi connectivity index (χ4v) is 3.68. The first kappa shape index (κ1) is 22.6. The number of nitrogens with one attached hydrogen (secondary N) is 2. The normalized spacial score (nSPS) is 10.5. The van der Waals surface area contributed by atoms with Gasteiger partial charge in [-0.2, -0.15) is 0 Å². The number of halogens is 2. The van der Waals surface area contributed by atoms with E-state index >= 15 is 0 Å². The minimum atomic E-state index is -0.402. The summed E-state index contributed by atoms with van der Waals surface area (Å²) in [6.45, 7) is 0. The molecule has 10 heteroatoms. The van der Waals surface area contributed by atoms with Crippen molar-refractivity contribution in [2.75, 3.05) is 24.9 Å². The third kappa shape index (κ3) is 5.27. The summed E-state index contributed by atoms with van der Waals surface area (Å²) >= 11 is 9.78. The molecule has 2 amide bonds. The van der Waals surface area contributed by atoms with Crippen molar-refractivity contribution in [2.45, 2.75) is 0 Å². The molecule has 0 saturated carbocycles. The number of benzene rings is 3. The molecule has 0 unspecified atom stereocenters. The highest BCUT2D eigenvalue weighted by Crippen LogP contribution is 2.37. The summed E-state index contributed by atoms with van der Waals surface area (Å²) in [7, 11) is 3.10. The lowest BCUT2D eigenvalue weighted by molar-refractivity contribution is 0.262. The number of methoxy groups -OCH3 is 2. The van der Waals surface area contributed by atoms with Gasteiger partial charge in [-0.15, -0.1) is 0 Å². The number of carbonyl (C=O) groups excluding carboxylic acids is 1. The smallest absolute Gasteiger partial charge is 0.323 e. The SMILES string of the molecule is COc1cc2ncnc(Oc3ccc(NC(=O)Nc4cccc(Br)c4)cc3Cl)c2cc1OC. The number of amides is 2. The Labute approximate surface area is 203 Å². The molecule has 0 bridgehead atoms. The van der Waals surface area contributed by atoms with E-state index < -0.39 is 6.03 Å². The van der Waals surface area contributed by atoms with Crippen molar-refractivity contribution in [2.24, 2.45) is 0 Å². The molecule has 8 nitrogen and oxygen atoms in total. The van der Waals surface area contributed by atoms with Crippen LogP contribution in [0.1, 0.15) is 0 Å². The molecule has 4 aromatic rings. The van der Waals surface area contributed by atoms with Gasteiger partial charge in [-0.25, -0.2) is 14.8 Å². The van der Waals surface area contributed by atoms with Crippen LogP contribution < -0.4 is 24.8 Å². The van der Waals surface area contributed by atoms with Crippen LogP contribution in [0.5, 0.6) is 23.1 Å². The van der Waals surface area contributed by atoms with Gasteiger partial charge < -0.3 is 24.8 Å². The second kappa shape index (κ2) is 9.93. The van der Waals surface area contributed by atoms with E-state index in [0.29, 0.717) is 50.4 Å². The molecule has 33 heavy (non-hydrogen) atoms. The van der Waals surface area contributed by atoms with Crippen molar-refractivity contribution in [3.05, 3.63) is 70.4 Å². The quantitative estimate of drug-likeness (QED) is 0.296. The van der Waals surface area contributed by atoms with E-state index in [4.69, 9.17) is 25.8 Å². The van der Waals surface area contributed by atoms with Crippen molar-refractivity contribution in [3.8, 4) is 23.1 Å². The van der Waals surface area contributed by atoms with Crippen LogP contribution in [0.2, 0.25) is 5.02 Å². The van der Waals surface area contributed by atoms with Crippen molar-refractivity contribution in [3.63, 3.8) is 0 Å². The Morgan fingerprint density at radius 2 is 1.64 bits per heavy atom. The molecular weight excluding hydrogens is 512 g/mol. The summed E-state index contributed by atoms with van der Waals surface area (Å²) in [5, 5.41) is 6.41. The number of aromatic nitrogens is 2. The van der Waals surface area contributed by atoms with E-state index in [0.717, 1.165) is 4.47 Å². The number of nitrogens with zero attached hydrogens (tertiary/aromatic N) is 2. The van der Waals surface area contributed by atoms with Crippen LogP contribution in [0, 0.1) is 0 Å². The molecule has 0 fully saturated rings. The van der Waals surface area contributed by atoms with Crippen LogP contribution in [0.25, 0.3) is 10.9 Å². The summed E-state index contributed by atoms with van der Waals surface area (Å²) in [5.41, 5.74) is 1.77. The Bertz CT molecular complexity index is 1340. The summed E-state index contributed by atoms with van der Waals surface area (Å²) in [5.74, 6) is 1.73. The molecule has 0 spiro atoms. The molecule has 2 N–H and O–H groups in total. The Kier molecular flexibility index (Phi) is 6.81. The molecule has 3 aromatic carbocycles. The first-order valence-electron chi connectivity index (χ1n) is 9.64. The van der Waals surface area contributed by atoms with Gasteiger partial charge in [0.1, 0.15) is 12.1 Å². The maximum absolute atomic E-state index is 12.3. The van der Waals surface area contributed by atoms with Gasteiger partial charge in [0.25, 0.3) is 0 Å². The van der Waals surface area contributed by atoms with Crippen LogP contribution in [-0.2, 0) is 0 Å². The molecule has 1 aromatic heterocycles. The van der Waals surface area contributed by atoms with Crippen molar-refractivity contribution < 1.29 is 19.0 Å². The summed E-state index contributed by atoms with van der Waals surface area (Å²) in [4.78, 5) is 20.8. The van der Waals surface area contributed by atoms with E-state index in [2.05, 4.69) is 36.5 Å². The first-order chi connectivity index (χ1) is 16.0. The minimum absolute atomic E-state index is 0.294. The Morgan fingerprint density at radius 1 is 0.909 bits per heavy atom. The van der Waals surface area contributed by atoms with Crippen LogP contribution in [0.3, 0.4) is 0 Å². The molecule has 4 rings (SSSR count). The van der Waals surface area contributed by atoms with Crippen LogP contribution in [0.15, 0.2) is 65.4 Å². The molecule has 0 aliphatic heterocycles. The number of carbonyl (C=O) groups is 1. The number of hydrogen-bond acceptors (Lipinski definition) is 6. The Morgan fingerprint density at radius 3 is 2.33 bits per heavy atom. The van der Waals surface area contributed by atoms with Crippen molar-refractivity contribution in [1.29, 1.82) is 0 Å². The zero-order chi connectivity index (χ0) is 23.4. The van der Waals surface area contributed by atoms with Crippen molar-refractivity contribution >= 4 is 55.8 Å². The zero-order valence-corrected chi connectivity index (χ0v) is 19.9. The number of fused-ring (bicyclic) bond motifs is 1. The number of urea groups is 1. The zero-order valence-electron chi connectivity index (χ0n) is 17.6. The van der Waals surface area contributed by atoms with Crippen LogP contribution in [-0.4, -0.2) is 30.2 Å². The van der Waals surface area contributed by atoms with E-state index in [9.17, 15) is 4.79 Å². The van der Waals surface area contributed by atoms with Gasteiger partial charge in [0.05, 0.1) is 30.1 Å². The highest BCUT2D eigenvalue weighted by Gasteiger charge is 2.14. The lowest BCUT2D eigenvalue weighted by atomic mass is 10.2. The van der Waals surface area contributed by atoms with E-state index in [1.165, 1.54) is 6.33 Å². The Balaban J connectivity index is 1.53. The first-order valence-corrected chi connectivity index (χ1v) is 10.8. The molecule has 0 radical (unpaired) electrons. The van der Waals surface area contributed by atoms with Gasteiger partial charge in [-0.05, 0) is 42.5 Å². The predicted octanol–water partition coefficient (Wildman–Crippen LogP) is 6.50. The number of ether oxygens (including phenoxy) is 3. The minimum Gasteiger partial charge on any atom is -0.493 e. The maximum atomic E-state index is 12.3. The molecule has 0 saturated heterocycles. The van der Waals surface area contributed by atoms with Gasteiger partial charge in [0.2, 0.25) is 5.88 Å². The number of rotatable bonds is 6. The van der Waals surface area contributed by atoms with Gasteiger partial charge in [-0.1, -0.05) is 33.6 Å². The van der Waals surface area contributed by atoms with Gasteiger partial charge >= 0.3 is 6.03 Å². The van der Waals surface area contributed by atoms with Crippen LogP contribution in [0.4, 0.5) is 16.2 Å². The average Bonchev–Trinajstić information content (AvgIpc) is 2.80. The van der Waals surface area contributed by atoms with E-state index in [1.54, 1.807) is 56.7 Å². The largest absolute Gasteiger partial charge is 0.493 e.